The van der Waals surface area contributed by atoms with Gasteiger partial charge in [-0.3, -0.25) is 0 Å². The van der Waals surface area contributed by atoms with Gasteiger partial charge in [-0.05, 0) is 39.7 Å². The Balaban J connectivity index is 1.61. The lowest BCUT2D eigenvalue weighted by atomic mass is 9.96. The van der Waals surface area contributed by atoms with Crippen LogP contribution in [0.2, 0.25) is 0 Å². The number of halogens is 2. The van der Waals surface area contributed by atoms with Gasteiger partial charge in [-0.25, -0.2) is 9.40 Å². The van der Waals surface area contributed by atoms with Crippen LogP contribution in [0.15, 0.2) is 82.4 Å². The van der Waals surface area contributed by atoms with Gasteiger partial charge in [-0.2, -0.15) is 5.10 Å². The van der Waals surface area contributed by atoms with Gasteiger partial charge >= 0.3 is 0 Å². The molecule has 3 aromatic rings. The SMILES string of the molecule is Fc1ccc(C2Oc3ccccc3C3CC(c4ccccc4)=NN32)cc1Br. The number of rotatable bonds is 2. The number of benzene rings is 3. The Hall–Kier alpha value is -2.66. The summed E-state index contributed by atoms with van der Waals surface area (Å²) in [5.74, 6) is 0.565. The van der Waals surface area contributed by atoms with Gasteiger partial charge < -0.3 is 4.74 Å². The van der Waals surface area contributed by atoms with Crippen molar-refractivity contribution in [2.45, 2.75) is 18.7 Å². The van der Waals surface area contributed by atoms with Crippen molar-refractivity contribution < 1.29 is 9.13 Å². The number of hydrogen-bond donors (Lipinski definition) is 0. The number of hydrazone groups is 1. The van der Waals surface area contributed by atoms with Crippen molar-refractivity contribution in [1.29, 1.82) is 0 Å². The second-order valence-corrected chi connectivity index (χ2v) is 7.55. The quantitative estimate of drug-likeness (QED) is 0.518. The molecule has 2 aliphatic heterocycles. The summed E-state index contributed by atoms with van der Waals surface area (Å²) in [6.45, 7) is 0. The van der Waals surface area contributed by atoms with Crippen molar-refractivity contribution in [3.8, 4) is 5.75 Å². The maximum Gasteiger partial charge on any atom is 0.213 e. The van der Waals surface area contributed by atoms with Crippen LogP contribution in [0.25, 0.3) is 0 Å². The molecule has 5 heteroatoms. The summed E-state index contributed by atoms with van der Waals surface area (Å²) in [5.41, 5.74) is 4.14. The normalized spacial score (nSPS) is 20.5. The minimum atomic E-state index is -0.400. The van der Waals surface area contributed by atoms with Gasteiger partial charge in [-0.15, -0.1) is 0 Å². The summed E-state index contributed by atoms with van der Waals surface area (Å²) >= 11 is 3.28. The first-order valence-electron chi connectivity index (χ1n) is 8.82. The van der Waals surface area contributed by atoms with Crippen LogP contribution >= 0.6 is 15.9 Å². The average molecular weight is 423 g/mol. The fourth-order valence-electron chi connectivity index (χ4n) is 3.73. The van der Waals surface area contributed by atoms with Crippen molar-refractivity contribution in [3.63, 3.8) is 0 Å². The second-order valence-electron chi connectivity index (χ2n) is 6.69. The van der Waals surface area contributed by atoms with Crippen LogP contribution in [0, 0.1) is 5.82 Å². The highest BCUT2D eigenvalue weighted by molar-refractivity contribution is 9.10. The number of hydrogen-bond acceptors (Lipinski definition) is 3. The van der Waals surface area contributed by atoms with Crippen LogP contribution in [-0.4, -0.2) is 10.7 Å². The van der Waals surface area contributed by atoms with E-state index in [0.29, 0.717) is 4.47 Å². The van der Waals surface area contributed by atoms with Crippen LogP contribution in [0.5, 0.6) is 5.75 Å². The molecule has 0 aliphatic carbocycles. The number of para-hydroxylation sites is 1. The summed E-state index contributed by atoms with van der Waals surface area (Å²) in [5, 5.41) is 6.91. The molecule has 0 fully saturated rings. The molecule has 0 spiro atoms. The molecule has 27 heavy (non-hydrogen) atoms. The van der Waals surface area contributed by atoms with Gasteiger partial charge in [0.15, 0.2) is 0 Å². The van der Waals surface area contributed by atoms with Crippen LogP contribution in [-0.2, 0) is 0 Å². The topological polar surface area (TPSA) is 24.8 Å². The summed E-state index contributed by atoms with van der Waals surface area (Å²) in [4.78, 5) is 0. The van der Waals surface area contributed by atoms with Crippen molar-refractivity contribution in [2.24, 2.45) is 5.10 Å². The Morgan fingerprint density at radius 3 is 2.59 bits per heavy atom. The lowest BCUT2D eigenvalue weighted by Gasteiger charge is -2.38. The molecule has 134 valence electrons. The molecular weight excluding hydrogens is 407 g/mol. The summed E-state index contributed by atoms with van der Waals surface area (Å²) in [6.07, 6.45) is 0.409. The lowest BCUT2D eigenvalue weighted by molar-refractivity contribution is -0.0191. The van der Waals surface area contributed by atoms with E-state index < -0.39 is 6.23 Å². The van der Waals surface area contributed by atoms with Crippen LogP contribution in [0.4, 0.5) is 4.39 Å². The van der Waals surface area contributed by atoms with Crippen molar-refractivity contribution in [3.05, 3.63) is 99.8 Å². The average Bonchev–Trinajstić information content (AvgIpc) is 3.16. The fraction of sp³-hybridized carbons (Fsp3) is 0.136. The fourth-order valence-corrected chi connectivity index (χ4v) is 4.12. The Bertz CT molecular complexity index is 1040. The Kier molecular flexibility index (Phi) is 3.97. The molecule has 0 amide bonds. The molecule has 0 bridgehead atoms. The maximum atomic E-state index is 13.7. The molecule has 0 N–H and O–H groups in total. The Morgan fingerprint density at radius 1 is 1.00 bits per heavy atom. The molecule has 3 aromatic carbocycles. The highest BCUT2D eigenvalue weighted by Crippen LogP contribution is 2.47. The zero-order chi connectivity index (χ0) is 18.4. The van der Waals surface area contributed by atoms with E-state index in [1.54, 1.807) is 12.1 Å². The number of fused-ring (bicyclic) bond motifs is 3. The first-order valence-corrected chi connectivity index (χ1v) is 9.62. The van der Waals surface area contributed by atoms with Crippen molar-refractivity contribution in [2.75, 3.05) is 0 Å². The standard InChI is InChI=1S/C22H16BrFN2O/c23-17-12-15(10-11-18(17)24)22-26-20(16-8-4-5-9-21(16)27-22)13-19(25-26)14-6-2-1-3-7-14/h1-12,20,22H,13H2. The monoisotopic (exact) mass is 422 g/mol. The molecule has 0 aromatic heterocycles. The van der Waals surface area contributed by atoms with Crippen molar-refractivity contribution >= 4 is 21.6 Å². The first kappa shape index (κ1) is 16.5. The molecule has 2 unspecified atom stereocenters. The van der Waals surface area contributed by atoms with Crippen molar-refractivity contribution in [1.82, 2.24) is 5.01 Å². The van der Waals surface area contributed by atoms with Gasteiger partial charge in [0.05, 0.1) is 16.2 Å². The molecule has 3 nitrogen and oxygen atoms in total. The molecular formula is C22H16BrFN2O. The van der Waals surface area contributed by atoms with Crippen LogP contribution < -0.4 is 4.74 Å². The molecule has 2 heterocycles. The van der Waals surface area contributed by atoms with Crippen LogP contribution in [0.3, 0.4) is 0 Å². The molecule has 0 radical (unpaired) electrons. The van der Waals surface area contributed by atoms with Gasteiger partial charge in [0.1, 0.15) is 11.6 Å². The zero-order valence-electron chi connectivity index (χ0n) is 14.3. The predicted molar refractivity (Wildman–Crippen MR) is 106 cm³/mol. The lowest BCUT2D eigenvalue weighted by Crippen LogP contribution is -2.33. The number of nitrogens with zero attached hydrogens (tertiary/aromatic N) is 2. The van der Waals surface area contributed by atoms with Gasteiger partial charge in [0, 0.05) is 17.5 Å². The minimum Gasteiger partial charge on any atom is -0.464 e. The Labute approximate surface area is 165 Å². The van der Waals surface area contributed by atoms with Gasteiger partial charge in [-0.1, -0.05) is 54.6 Å². The molecule has 5 rings (SSSR count). The van der Waals surface area contributed by atoms with E-state index in [1.807, 2.05) is 41.4 Å². The summed E-state index contributed by atoms with van der Waals surface area (Å²) in [6, 6.07) is 23.3. The minimum absolute atomic E-state index is 0.0963. The second kappa shape index (κ2) is 6.50. The highest BCUT2D eigenvalue weighted by Gasteiger charge is 2.40. The van der Waals surface area contributed by atoms with E-state index in [1.165, 1.54) is 6.07 Å². The summed E-state index contributed by atoms with van der Waals surface area (Å²) in [7, 11) is 0. The van der Waals surface area contributed by atoms with Crippen LogP contribution in [0.1, 0.15) is 35.4 Å². The van der Waals surface area contributed by atoms with E-state index in [-0.39, 0.29) is 11.9 Å². The Morgan fingerprint density at radius 2 is 1.78 bits per heavy atom. The molecule has 0 saturated carbocycles. The third kappa shape index (κ3) is 2.82. The summed E-state index contributed by atoms with van der Waals surface area (Å²) < 4.78 is 20.4. The molecule has 2 atom stereocenters. The first-order chi connectivity index (χ1) is 13.2. The largest absolute Gasteiger partial charge is 0.464 e. The molecule has 0 saturated heterocycles. The van der Waals surface area contributed by atoms with E-state index in [2.05, 4.69) is 34.1 Å². The van der Waals surface area contributed by atoms with Gasteiger partial charge in [0.25, 0.3) is 0 Å². The van der Waals surface area contributed by atoms with E-state index >= 15 is 0 Å². The number of ether oxygens (including phenoxy) is 1. The third-order valence-corrected chi connectivity index (χ3v) is 5.64. The molecule has 2 aliphatic rings. The van der Waals surface area contributed by atoms with E-state index in [0.717, 1.165) is 34.6 Å². The third-order valence-electron chi connectivity index (χ3n) is 5.03. The zero-order valence-corrected chi connectivity index (χ0v) is 15.9. The highest BCUT2D eigenvalue weighted by atomic mass is 79.9. The predicted octanol–water partition coefficient (Wildman–Crippen LogP) is 5.83. The van der Waals surface area contributed by atoms with E-state index in [4.69, 9.17) is 9.84 Å². The van der Waals surface area contributed by atoms with Gasteiger partial charge in [0.2, 0.25) is 6.23 Å². The maximum absolute atomic E-state index is 13.7. The van der Waals surface area contributed by atoms with E-state index in [9.17, 15) is 4.39 Å². The smallest absolute Gasteiger partial charge is 0.213 e.